The van der Waals surface area contributed by atoms with Gasteiger partial charge in [0.25, 0.3) is 5.69 Å². The number of aldehydes is 1. The zero-order valence-electron chi connectivity index (χ0n) is 74.6. The number of halogens is 1. The molecule has 121 heavy (non-hydrogen) atoms. The molecular formula is C78H125ClN10O32. The molecule has 0 radical (unpaired) electrons. The van der Waals surface area contributed by atoms with Gasteiger partial charge in [-0.1, -0.05) is 0 Å². The lowest BCUT2D eigenvalue weighted by atomic mass is 10.0. The summed E-state index contributed by atoms with van der Waals surface area (Å²) in [5.74, 6) is -4.42. The zero-order valence-corrected chi connectivity index (χ0v) is 75.4. The molecule has 1 aliphatic carbocycles. The largest absolute Gasteiger partial charge is 0.480 e. The molecule has 4 heterocycles. The first-order chi connectivity index (χ1) is 55.2. The van der Waals surface area contributed by atoms with Crippen LogP contribution in [0.1, 0.15) is 179 Å². The van der Waals surface area contributed by atoms with Gasteiger partial charge in [-0.3, -0.25) is 49.3 Å². The number of nitro groups is 1. The molecule has 1 aromatic rings. The summed E-state index contributed by atoms with van der Waals surface area (Å²) in [4.78, 5) is 203. The van der Waals surface area contributed by atoms with Gasteiger partial charge in [-0.25, -0.2) is 67.1 Å². The van der Waals surface area contributed by atoms with E-state index < -0.39 is 189 Å². The average Bonchev–Trinajstić information content (AvgIpc) is 1.81. The van der Waals surface area contributed by atoms with Crippen molar-refractivity contribution in [2.24, 2.45) is 0 Å². The van der Waals surface area contributed by atoms with Crippen molar-refractivity contribution in [3.8, 4) is 5.75 Å². The number of rotatable bonds is 12. The van der Waals surface area contributed by atoms with Crippen molar-refractivity contribution >= 4 is 108 Å². The maximum Gasteiger partial charge on any atom is 0.411 e. The summed E-state index contributed by atoms with van der Waals surface area (Å²) >= 11 is 4.92. The van der Waals surface area contributed by atoms with E-state index in [0.29, 0.717) is 18.9 Å². The second kappa shape index (κ2) is 44.3. The number of amides is 8. The minimum absolute atomic E-state index is 0.00172. The Morgan fingerprint density at radius 2 is 0.653 bits per heavy atom. The molecule has 3 N–H and O–H groups in total. The lowest BCUT2D eigenvalue weighted by Crippen LogP contribution is -2.68. The molecule has 0 bridgehead atoms. The zero-order chi connectivity index (χ0) is 93.6. The van der Waals surface area contributed by atoms with E-state index in [0.717, 1.165) is 46.7 Å². The lowest BCUT2D eigenvalue weighted by Gasteiger charge is -2.46. The second-order valence-corrected chi connectivity index (χ2v) is 36.1. The van der Waals surface area contributed by atoms with E-state index in [2.05, 4.69) is 14.8 Å². The highest BCUT2D eigenvalue weighted by molar-refractivity contribution is 6.61. The first-order valence-corrected chi connectivity index (χ1v) is 39.0. The van der Waals surface area contributed by atoms with Crippen LogP contribution >= 0.6 is 11.6 Å². The van der Waals surface area contributed by atoms with Gasteiger partial charge in [-0.2, -0.15) is 0 Å². The number of benzene rings is 1. The number of hydrogen-bond donors (Lipinski definition) is 3. The molecule has 1 aromatic carbocycles. The van der Waals surface area contributed by atoms with E-state index in [-0.39, 0.29) is 63.8 Å². The fourth-order valence-electron chi connectivity index (χ4n) is 11.5. The van der Waals surface area contributed by atoms with Gasteiger partial charge in [0.05, 0.1) is 52.1 Å². The predicted octanol–water partition coefficient (Wildman–Crippen LogP) is 8.90. The summed E-state index contributed by atoms with van der Waals surface area (Å²) < 4.78 is 66.4. The number of carbonyl (C=O) groups is 15. The molecule has 0 spiro atoms. The van der Waals surface area contributed by atoms with Crippen molar-refractivity contribution in [3.05, 3.63) is 34.4 Å². The van der Waals surface area contributed by atoms with E-state index in [1.807, 2.05) is 0 Å². The number of nitrogens with one attached hydrogen (secondary N) is 1. The lowest BCUT2D eigenvalue weighted by molar-refractivity contribution is -0.384. The van der Waals surface area contributed by atoms with Crippen molar-refractivity contribution in [1.82, 2.24) is 44.5 Å². The molecule has 686 valence electrons. The number of nitro benzene ring substituents is 1. The van der Waals surface area contributed by atoms with Crippen LogP contribution in [0.4, 0.5) is 48.8 Å². The number of carboxylic acid groups (broad SMARTS) is 1. The molecule has 43 heteroatoms. The minimum Gasteiger partial charge on any atom is -0.480 e. The molecule has 4 aliphatic heterocycles. The summed E-state index contributed by atoms with van der Waals surface area (Å²) in [6, 6.07) is -4.21. The predicted molar refractivity (Wildman–Crippen MR) is 429 cm³/mol. The molecule has 42 nitrogen and oxygen atoms in total. The van der Waals surface area contributed by atoms with Crippen LogP contribution in [-0.4, -0.2) is 338 Å². The average molecular weight is 1750 g/mol. The third kappa shape index (κ3) is 36.0. The van der Waals surface area contributed by atoms with Gasteiger partial charge < -0.3 is 81.9 Å². The SMILES string of the molecule is COC(=O)C1[C@H](C(=O)O)N(C(=O)OC(C)(C)C)CCN1C(=O)OC(C)(C)C.COC(=O)C1[C@H](C=O)N(C(=O)OC(C)(C)C)CCN1C(=O)OC(C)(C)C.COC(=O)C1[C@H](CNC2CC2)N(C(=O)OC(C)(C)C)CCN1C(=O)OC(C)(C)C.COC(=O)C1[C@H](CO)N(C(=O)OC(C)(C)C)CCN1C(=O)OC(C)(C)C.O=C(Cl)Oc1ccc([N+](=O)[O-])cc1. The molecule has 1 saturated carbocycles. The summed E-state index contributed by atoms with van der Waals surface area (Å²) in [6.45, 7) is 41.0. The van der Waals surface area contributed by atoms with Gasteiger partial charge in [0.15, 0.2) is 30.2 Å². The molecule has 8 amide bonds. The molecule has 4 unspecified atom stereocenters. The number of ether oxygens (including phenoxy) is 13. The van der Waals surface area contributed by atoms with Gasteiger partial charge in [-0.05, 0) is 191 Å². The number of piperazine rings is 4. The van der Waals surface area contributed by atoms with Crippen LogP contribution in [0.3, 0.4) is 0 Å². The number of non-ortho nitro benzene ring substituents is 1. The van der Waals surface area contributed by atoms with Crippen LogP contribution in [0, 0.1) is 10.1 Å². The van der Waals surface area contributed by atoms with Gasteiger partial charge in [0.2, 0.25) is 0 Å². The third-order valence-corrected chi connectivity index (χ3v) is 16.4. The summed E-state index contributed by atoms with van der Waals surface area (Å²) in [5.41, 5.74) is -7.18. The molecule has 8 atom stereocenters. The van der Waals surface area contributed by atoms with Crippen LogP contribution in [-0.2, 0) is 85.6 Å². The van der Waals surface area contributed by atoms with E-state index >= 15 is 0 Å². The normalized spacial score (nSPS) is 20.2. The first-order valence-electron chi connectivity index (χ1n) is 38.6. The van der Waals surface area contributed by atoms with Crippen LogP contribution in [0.25, 0.3) is 0 Å². The fraction of sp³-hybridized carbons (Fsp3) is 0.731. The van der Waals surface area contributed by atoms with Crippen molar-refractivity contribution in [2.45, 2.75) is 278 Å². The maximum atomic E-state index is 12.8. The third-order valence-electron chi connectivity index (χ3n) is 16.3. The van der Waals surface area contributed by atoms with E-state index in [9.17, 15) is 92.2 Å². The second-order valence-electron chi connectivity index (χ2n) is 35.8. The Balaban J connectivity index is 0.000000521. The number of nitrogens with zero attached hydrogens (tertiary/aromatic N) is 9. The topological polar surface area (TPSA) is 498 Å². The first kappa shape index (κ1) is 107. The summed E-state index contributed by atoms with van der Waals surface area (Å²) in [6.07, 6.45) is -3.23. The van der Waals surface area contributed by atoms with Crippen LogP contribution < -0.4 is 10.1 Å². The van der Waals surface area contributed by atoms with Gasteiger partial charge in [-0.15, -0.1) is 0 Å². The van der Waals surface area contributed by atoms with Crippen LogP contribution in [0.5, 0.6) is 5.75 Å². The van der Waals surface area contributed by atoms with E-state index in [1.54, 1.807) is 166 Å². The van der Waals surface area contributed by atoms with Crippen molar-refractivity contribution in [1.29, 1.82) is 0 Å². The minimum atomic E-state index is -1.67. The number of aliphatic hydroxyl groups excluding tert-OH is 1. The highest BCUT2D eigenvalue weighted by Gasteiger charge is 2.54. The van der Waals surface area contributed by atoms with E-state index in [1.165, 1.54) is 58.1 Å². The monoisotopic (exact) mass is 1750 g/mol. The van der Waals surface area contributed by atoms with E-state index in [4.69, 9.17) is 63.7 Å². The Kier molecular flexibility index (Phi) is 39.0. The summed E-state index contributed by atoms with van der Waals surface area (Å²) in [5, 5.41) is 33.0. The van der Waals surface area contributed by atoms with Crippen LogP contribution in [0.2, 0.25) is 0 Å². The number of carboxylic acids is 1. The van der Waals surface area contributed by atoms with Gasteiger partial charge in [0.1, 0.15) is 62.9 Å². The highest BCUT2D eigenvalue weighted by atomic mass is 35.5. The Hall–Kier alpha value is -10.5. The number of methoxy groups -OCH3 is 4. The van der Waals surface area contributed by atoms with Crippen LogP contribution in [0.15, 0.2) is 24.3 Å². The molecule has 5 fully saturated rings. The standard InChI is InChI=1S/C20H35N3O6.C17H28N2O8.C17H30N2O7.C17H28N2O7.C7H4ClNO4/c1-19(2,3)28-17(25)22-10-11-23(18(26)29-20(4,5)6)15(16(24)27-7)14(22)12-21-13-8-9-13;1-16(2,3)26-14(23)18-8-9-19(15(24)27-17(4,5)6)11(13(22)25-7)10(18)12(20)21;2*1-16(2,3)25-14(22)18-8-9-19(15(23)26-17(4,5)6)12(11(18)10-20)13(21)24-7;8-7(10)13-6-3-1-5(2-4-6)9(11)12/h13-15,21H,8-12H2,1-7H3;10-11H,8-9H2,1-7H3,(H,20,21);11-12,20H,8-10H2,1-7H3;10-12H,8-9H2,1-7H3;1-4H/t14-,15?;10-,11?;2*11-,12?;/m0100./s1. The maximum absolute atomic E-state index is 12.8. The van der Waals surface area contributed by atoms with Crippen molar-refractivity contribution < 1.29 is 149 Å². The molecular weight excluding hydrogens is 1620 g/mol. The van der Waals surface area contributed by atoms with Gasteiger partial charge >= 0.3 is 84.0 Å². The number of aliphatic carboxylic acids is 1. The highest BCUT2D eigenvalue weighted by Crippen LogP contribution is 2.31. The Labute approximate surface area is 710 Å². The van der Waals surface area contributed by atoms with Crippen molar-refractivity contribution in [2.75, 3.05) is 93.9 Å². The number of carbonyl (C=O) groups excluding carboxylic acids is 14. The van der Waals surface area contributed by atoms with Gasteiger partial charge in [0, 0.05) is 88.7 Å². The molecule has 5 aliphatic rings. The fourth-order valence-corrected chi connectivity index (χ4v) is 11.5. The molecule has 4 saturated heterocycles. The smallest absolute Gasteiger partial charge is 0.411 e. The number of hydrogen-bond acceptors (Lipinski definition) is 32. The summed E-state index contributed by atoms with van der Waals surface area (Å²) in [7, 11) is 4.66. The molecule has 6 rings (SSSR count). The molecule has 0 aromatic heterocycles. The quantitative estimate of drug-likeness (QED) is 0.0439. The Morgan fingerprint density at radius 3 is 0.926 bits per heavy atom. The number of aliphatic hydroxyl groups is 1. The Bertz CT molecular complexity index is 3770. The number of esters is 4. The Morgan fingerprint density at radius 1 is 0.405 bits per heavy atom. The van der Waals surface area contributed by atoms with Crippen molar-refractivity contribution in [3.63, 3.8) is 0 Å².